The molecule has 2 aliphatic rings. The van der Waals surface area contributed by atoms with Gasteiger partial charge in [0.1, 0.15) is 11.9 Å². The van der Waals surface area contributed by atoms with Gasteiger partial charge in [0.2, 0.25) is 0 Å². The van der Waals surface area contributed by atoms with Crippen LogP contribution < -0.4 is 20.7 Å². The molecule has 0 saturated carbocycles. The molecule has 2 aliphatic heterocycles. The van der Waals surface area contributed by atoms with Gasteiger partial charge in [0, 0.05) is 24.7 Å². The SMILES string of the molecule is CNC(=O)c1cc(C(=O)NCCC2CCNCC2)cc2c1O[C@H](CO)[C@H]2c1ccccc1. The second-order valence-electron chi connectivity index (χ2n) is 8.49. The Balaban J connectivity index is 1.61. The maximum atomic E-state index is 13.0. The number of benzene rings is 2. The average molecular weight is 438 g/mol. The van der Waals surface area contributed by atoms with Gasteiger partial charge >= 0.3 is 0 Å². The monoisotopic (exact) mass is 437 g/mol. The summed E-state index contributed by atoms with van der Waals surface area (Å²) in [4.78, 5) is 25.6. The van der Waals surface area contributed by atoms with E-state index >= 15 is 0 Å². The van der Waals surface area contributed by atoms with E-state index < -0.39 is 6.10 Å². The minimum Gasteiger partial charge on any atom is -0.486 e. The number of hydrogen-bond donors (Lipinski definition) is 4. The summed E-state index contributed by atoms with van der Waals surface area (Å²) in [6.45, 7) is 2.48. The maximum Gasteiger partial charge on any atom is 0.254 e. The molecule has 170 valence electrons. The first-order valence-electron chi connectivity index (χ1n) is 11.3. The van der Waals surface area contributed by atoms with Crippen LogP contribution in [0.5, 0.6) is 5.75 Å². The third-order valence-corrected chi connectivity index (χ3v) is 6.46. The number of rotatable bonds is 7. The van der Waals surface area contributed by atoms with Crippen molar-refractivity contribution in [2.75, 3.05) is 33.3 Å². The van der Waals surface area contributed by atoms with Crippen LogP contribution in [0.1, 0.15) is 57.0 Å². The quantitative estimate of drug-likeness (QED) is 0.531. The lowest BCUT2D eigenvalue weighted by Crippen LogP contribution is -2.31. The number of nitrogens with one attached hydrogen (secondary N) is 3. The number of fused-ring (bicyclic) bond motifs is 1. The number of piperidine rings is 1. The van der Waals surface area contributed by atoms with E-state index in [9.17, 15) is 14.7 Å². The fraction of sp³-hybridized carbons (Fsp3) is 0.440. The topological polar surface area (TPSA) is 99.7 Å². The third-order valence-electron chi connectivity index (χ3n) is 6.46. The van der Waals surface area contributed by atoms with Crippen molar-refractivity contribution in [1.29, 1.82) is 0 Å². The molecule has 2 aromatic carbocycles. The Kier molecular flexibility index (Phi) is 7.07. The van der Waals surface area contributed by atoms with Gasteiger partial charge in [-0.3, -0.25) is 9.59 Å². The Labute approximate surface area is 188 Å². The molecular formula is C25H31N3O4. The highest BCUT2D eigenvalue weighted by atomic mass is 16.5. The van der Waals surface area contributed by atoms with Crippen LogP contribution in [0.15, 0.2) is 42.5 Å². The van der Waals surface area contributed by atoms with E-state index in [4.69, 9.17) is 4.74 Å². The van der Waals surface area contributed by atoms with Crippen molar-refractivity contribution in [3.63, 3.8) is 0 Å². The molecule has 7 nitrogen and oxygen atoms in total. The minimum absolute atomic E-state index is 0.195. The summed E-state index contributed by atoms with van der Waals surface area (Å²) in [5.74, 6) is 0.270. The van der Waals surface area contributed by atoms with Crippen LogP contribution in [0.25, 0.3) is 0 Å². The molecule has 4 N–H and O–H groups in total. The Morgan fingerprint density at radius 1 is 1.12 bits per heavy atom. The molecule has 0 aromatic heterocycles. The van der Waals surface area contributed by atoms with Gasteiger partial charge in [-0.15, -0.1) is 0 Å². The zero-order valence-corrected chi connectivity index (χ0v) is 18.4. The molecule has 0 aliphatic carbocycles. The molecule has 1 fully saturated rings. The van der Waals surface area contributed by atoms with Crippen LogP contribution in [0.2, 0.25) is 0 Å². The Bertz CT molecular complexity index is 957. The molecule has 2 amide bonds. The summed E-state index contributed by atoms with van der Waals surface area (Å²) < 4.78 is 6.02. The lowest BCUT2D eigenvalue weighted by Gasteiger charge is -2.22. The van der Waals surface area contributed by atoms with Crippen LogP contribution >= 0.6 is 0 Å². The van der Waals surface area contributed by atoms with Crippen LogP contribution in [-0.4, -0.2) is 56.3 Å². The fourth-order valence-electron chi connectivity index (χ4n) is 4.73. The first-order chi connectivity index (χ1) is 15.6. The highest BCUT2D eigenvalue weighted by Gasteiger charge is 2.38. The minimum atomic E-state index is -0.519. The first kappa shape index (κ1) is 22.3. The summed E-state index contributed by atoms with van der Waals surface area (Å²) in [6.07, 6.45) is 2.69. The third kappa shape index (κ3) is 4.64. The molecule has 2 heterocycles. The van der Waals surface area contributed by atoms with E-state index in [0.29, 0.717) is 29.3 Å². The van der Waals surface area contributed by atoms with Crippen molar-refractivity contribution in [3.8, 4) is 5.75 Å². The smallest absolute Gasteiger partial charge is 0.254 e. The van der Waals surface area contributed by atoms with E-state index in [0.717, 1.165) is 43.5 Å². The largest absolute Gasteiger partial charge is 0.486 e. The normalized spacial score (nSPS) is 20.3. The molecule has 0 unspecified atom stereocenters. The van der Waals surface area contributed by atoms with Crippen molar-refractivity contribution in [1.82, 2.24) is 16.0 Å². The van der Waals surface area contributed by atoms with Gasteiger partial charge in [-0.05, 0) is 56.0 Å². The maximum absolute atomic E-state index is 13.0. The van der Waals surface area contributed by atoms with Crippen molar-refractivity contribution < 1.29 is 19.4 Å². The van der Waals surface area contributed by atoms with Gasteiger partial charge in [0.05, 0.1) is 18.1 Å². The highest BCUT2D eigenvalue weighted by Crippen LogP contribution is 2.44. The summed E-state index contributed by atoms with van der Waals surface area (Å²) in [7, 11) is 1.55. The number of ether oxygens (including phenoxy) is 1. The molecule has 32 heavy (non-hydrogen) atoms. The molecule has 0 spiro atoms. The molecule has 7 heteroatoms. The van der Waals surface area contributed by atoms with E-state index in [1.165, 1.54) is 0 Å². The summed E-state index contributed by atoms with van der Waals surface area (Å²) in [5.41, 5.74) is 2.46. The number of aliphatic hydroxyl groups is 1. The summed E-state index contributed by atoms with van der Waals surface area (Å²) >= 11 is 0. The Hall–Kier alpha value is -2.90. The number of aliphatic hydroxyl groups excluding tert-OH is 1. The lowest BCUT2D eigenvalue weighted by atomic mass is 9.86. The van der Waals surface area contributed by atoms with E-state index in [-0.39, 0.29) is 24.3 Å². The van der Waals surface area contributed by atoms with E-state index in [1.54, 1.807) is 19.2 Å². The van der Waals surface area contributed by atoms with Crippen LogP contribution in [0.3, 0.4) is 0 Å². The van der Waals surface area contributed by atoms with Gasteiger partial charge in [-0.25, -0.2) is 0 Å². The van der Waals surface area contributed by atoms with Gasteiger partial charge in [-0.2, -0.15) is 0 Å². The van der Waals surface area contributed by atoms with Crippen molar-refractivity contribution in [2.45, 2.75) is 31.3 Å². The Morgan fingerprint density at radius 3 is 2.56 bits per heavy atom. The van der Waals surface area contributed by atoms with Crippen LogP contribution in [0.4, 0.5) is 0 Å². The van der Waals surface area contributed by atoms with Crippen molar-refractivity contribution in [3.05, 3.63) is 64.7 Å². The van der Waals surface area contributed by atoms with Gasteiger partial charge < -0.3 is 25.8 Å². The first-order valence-corrected chi connectivity index (χ1v) is 11.3. The van der Waals surface area contributed by atoms with Crippen LogP contribution in [-0.2, 0) is 0 Å². The zero-order chi connectivity index (χ0) is 22.5. The van der Waals surface area contributed by atoms with Gasteiger partial charge in [-0.1, -0.05) is 30.3 Å². The second kappa shape index (κ2) is 10.1. The Morgan fingerprint density at radius 2 is 1.88 bits per heavy atom. The number of hydrogen-bond acceptors (Lipinski definition) is 5. The predicted molar refractivity (Wildman–Crippen MR) is 122 cm³/mol. The number of carbonyl (C=O) groups excluding carboxylic acids is 2. The van der Waals surface area contributed by atoms with Crippen molar-refractivity contribution >= 4 is 11.8 Å². The molecule has 0 radical (unpaired) electrons. The van der Waals surface area contributed by atoms with Crippen molar-refractivity contribution in [2.24, 2.45) is 5.92 Å². The summed E-state index contributed by atoms with van der Waals surface area (Å²) in [5, 5.41) is 19.0. The van der Waals surface area contributed by atoms with Gasteiger partial charge in [0.15, 0.2) is 0 Å². The van der Waals surface area contributed by atoms with Crippen LogP contribution in [0, 0.1) is 5.92 Å². The second-order valence-corrected chi connectivity index (χ2v) is 8.49. The molecule has 1 saturated heterocycles. The van der Waals surface area contributed by atoms with E-state index in [1.807, 2.05) is 30.3 Å². The number of amides is 2. The fourth-order valence-corrected chi connectivity index (χ4v) is 4.73. The molecule has 4 rings (SSSR count). The average Bonchev–Trinajstić information content (AvgIpc) is 3.22. The van der Waals surface area contributed by atoms with Gasteiger partial charge in [0.25, 0.3) is 11.8 Å². The molecule has 2 atom stereocenters. The summed E-state index contributed by atoms with van der Waals surface area (Å²) in [6, 6.07) is 13.1. The van der Waals surface area contributed by atoms with E-state index in [2.05, 4.69) is 16.0 Å². The predicted octanol–water partition coefficient (Wildman–Crippen LogP) is 2.05. The molecule has 0 bridgehead atoms. The highest BCUT2D eigenvalue weighted by molar-refractivity contribution is 6.02. The zero-order valence-electron chi connectivity index (χ0n) is 18.4. The number of carbonyl (C=O) groups is 2. The molecule has 2 aromatic rings. The lowest BCUT2D eigenvalue weighted by molar-refractivity contribution is 0.0947. The molecular weight excluding hydrogens is 406 g/mol. The standard InChI is InChI=1S/C25H31N3O4/c1-26-25(31)20-14-18(24(30)28-12-9-16-7-10-27-11-8-16)13-19-22(17-5-3-2-4-6-17)21(15-29)32-23(19)20/h2-6,13-14,16,21-22,27,29H,7-12,15H2,1H3,(H,26,31)(H,28,30)/t21-,22+/m1/s1.